The minimum absolute atomic E-state index is 0.799. The molecule has 0 aromatic heterocycles. The van der Waals surface area contributed by atoms with Crippen LogP contribution in [0, 0.1) is 0 Å². The first kappa shape index (κ1) is 7.38. The quantitative estimate of drug-likeness (QED) is 0.637. The summed E-state index contributed by atoms with van der Waals surface area (Å²) in [5.74, 6) is 0. The Labute approximate surface area is 79.0 Å². The van der Waals surface area contributed by atoms with E-state index >= 15 is 0 Å². The second-order valence-electron chi connectivity index (χ2n) is 2.57. The van der Waals surface area contributed by atoms with Gasteiger partial charge in [-0.25, -0.2) is 0 Å². The van der Waals surface area contributed by atoms with E-state index in [1.807, 2.05) is 6.07 Å². The van der Waals surface area contributed by atoms with Crippen LogP contribution >= 0.6 is 27.5 Å². The van der Waals surface area contributed by atoms with Crippen LogP contribution in [0.3, 0.4) is 0 Å². The Morgan fingerprint density at radius 3 is 3.00 bits per heavy atom. The van der Waals surface area contributed by atoms with E-state index in [1.54, 1.807) is 0 Å². The lowest BCUT2D eigenvalue weighted by molar-refractivity contribution is 1.31. The Morgan fingerprint density at radius 2 is 2.18 bits per heavy atom. The molecule has 0 nitrogen and oxygen atoms in total. The number of halogens is 2. The monoisotopic (exact) mass is 228 g/mol. The average Bonchev–Trinajstić information content (AvgIpc) is 2.36. The van der Waals surface area contributed by atoms with Crippen molar-refractivity contribution in [1.82, 2.24) is 0 Å². The zero-order valence-electron chi connectivity index (χ0n) is 5.77. The molecule has 2 heteroatoms. The Hall–Kier alpha value is -0.270. The molecule has 1 aromatic rings. The van der Waals surface area contributed by atoms with Crippen LogP contribution in [0.25, 0.3) is 6.08 Å². The van der Waals surface area contributed by atoms with Gasteiger partial charge in [-0.3, -0.25) is 0 Å². The normalized spacial score (nSPS) is 13.6. The maximum atomic E-state index is 5.92. The highest BCUT2D eigenvalue weighted by Crippen LogP contribution is 2.29. The molecule has 0 aliphatic heterocycles. The molecule has 56 valence electrons. The van der Waals surface area contributed by atoms with E-state index in [4.69, 9.17) is 11.6 Å². The summed E-state index contributed by atoms with van der Waals surface area (Å²) in [4.78, 5) is 0. The predicted octanol–water partition coefficient (Wildman–Crippen LogP) is 3.67. The van der Waals surface area contributed by atoms with E-state index in [-0.39, 0.29) is 0 Å². The summed E-state index contributed by atoms with van der Waals surface area (Å²) in [5, 5.41) is 0.799. The van der Waals surface area contributed by atoms with Crippen molar-refractivity contribution in [2.45, 2.75) is 6.42 Å². The summed E-state index contributed by atoms with van der Waals surface area (Å²) in [6.07, 6.45) is 5.28. The molecule has 0 saturated carbocycles. The molecule has 1 aliphatic carbocycles. The summed E-state index contributed by atoms with van der Waals surface area (Å²) in [5.41, 5.74) is 2.60. The van der Waals surface area contributed by atoms with Gasteiger partial charge in [0.05, 0.1) is 5.02 Å². The predicted molar refractivity (Wildman–Crippen MR) is 51.9 cm³/mol. The lowest BCUT2D eigenvalue weighted by Crippen LogP contribution is -1.81. The maximum Gasteiger partial charge on any atom is 0.0551 e. The fourth-order valence-corrected chi connectivity index (χ4v) is 1.80. The molecule has 0 N–H and O–H groups in total. The SMILES string of the molecule is Clc1cc2c(cc1Br)C=CC2. The summed E-state index contributed by atoms with van der Waals surface area (Å²) in [6.45, 7) is 0. The van der Waals surface area contributed by atoms with Crippen LogP contribution in [0.1, 0.15) is 11.1 Å². The summed E-state index contributed by atoms with van der Waals surface area (Å²) in [7, 11) is 0. The second-order valence-corrected chi connectivity index (χ2v) is 3.83. The van der Waals surface area contributed by atoms with Gasteiger partial charge in [0.2, 0.25) is 0 Å². The molecule has 0 saturated heterocycles. The van der Waals surface area contributed by atoms with E-state index in [0.717, 1.165) is 15.9 Å². The van der Waals surface area contributed by atoms with Crippen molar-refractivity contribution in [1.29, 1.82) is 0 Å². The zero-order valence-corrected chi connectivity index (χ0v) is 8.11. The molecule has 11 heavy (non-hydrogen) atoms. The fourth-order valence-electron chi connectivity index (χ4n) is 1.25. The third kappa shape index (κ3) is 1.23. The number of benzene rings is 1. The second kappa shape index (κ2) is 2.65. The summed E-state index contributed by atoms with van der Waals surface area (Å²) >= 11 is 9.30. The topological polar surface area (TPSA) is 0 Å². The molecular formula is C9H6BrCl. The highest BCUT2D eigenvalue weighted by atomic mass is 79.9. The van der Waals surface area contributed by atoms with Crippen molar-refractivity contribution in [2.75, 3.05) is 0 Å². The molecule has 1 aromatic carbocycles. The van der Waals surface area contributed by atoms with Gasteiger partial charge in [-0.15, -0.1) is 0 Å². The van der Waals surface area contributed by atoms with Gasteiger partial charge >= 0.3 is 0 Å². The molecule has 2 rings (SSSR count). The third-order valence-corrected chi connectivity index (χ3v) is 3.01. The summed E-state index contributed by atoms with van der Waals surface area (Å²) in [6, 6.07) is 4.07. The van der Waals surface area contributed by atoms with Gasteiger partial charge in [-0.2, -0.15) is 0 Å². The molecule has 0 spiro atoms. The zero-order chi connectivity index (χ0) is 7.84. The number of hydrogen-bond donors (Lipinski definition) is 0. The molecule has 0 amide bonds. The molecule has 0 unspecified atom stereocenters. The molecule has 0 bridgehead atoms. The highest BCUT2D eigenvalue weighted by molar-refractivity contribution is 9.10. The molecule has 1 aliphatic rings. The van der Waals surface area contributed by atoms with Crippen LogP contribution in [-0.4, -0.2) is 0 Å². The van der Waals surface area contributed by atoms with Crippen LogP contribution < -0.4 is 0 Å². The molecule has 0 heterocycles. The standard InChI is InChI=1S/C9H6BrCl/c10-8-4-6-2-1-3-7(6)5-9(8)11/h1-2,4-5H,3H2. The van der Waals surface area contributed by atoms with E-state index < -0.39 is 0 Å². The van der Waals surface area contributed by atoms with Gasteiger partial charge in [-0.05, 0) is 45.6 Å². The molecule has 0 atom stereocenters. The first-order valence-electron chi connectivity index (χ1n) is 3.42. The van der Waals surface area contributed by atoms with Crippen LogP contribution in [0.5, 0.6) is 0 Å². The van der Waals surface area contributed by atoms with Crippen molar-refractivity contribution < 1.29 is 0 Å². The van der Waals surface area contributed by atoms with Crippen molar-refractivity contribution in [2.24, 2.45) is 0 Å². The van der Waals surface area contributed by atoms with Gasteiger partial charge in [0.25, 0.3) is 0 Å². The Bertz CT molecular complexity index is 329. The third-order valence-electron chi connectivity index (χ3n) is 1.82. The van der Waals surface area contributed by atoms with Gasteiger partial charge in [0.15, 0.2) is 0 Å². The first-order valence-corrected chi connectivity index (χ1v) is 4.59. The lowest BCUT2D eigenvalue weighted by Gasteiger charge is -2.00. The lowest BCUT2D eigenvalue weighted by atomic mass is 10.1. The fraction of sp³-hybridized carbons (Fsp3) is 0.111. The Morgan fingerprint density at radius 1 is 1.36 bits per heavy atom. The van der Waals surface area contributed by atoms with E-state index in [9.17, 15) is 0 Å². The van der Waals surface area contributed by atoms with Crippen molar-refractivity contribution in [3.05, 3.63) is 38.8 Å². The van der Waals surface area contributed by atoms with Crippen LogP contribution in [0.4, 0.5) is 0 Å². The minimum Gasteiger partial charge on any atom is -0.0831 e. The van der Waals surface area contributed by atoms with Crippen molar-refractivity contribution >= 4 is 33.6 Å². The number of allylic oxidation sites excluding steroid dienone is 1. The van der Waals surface area contributed by atoms with Gasteiger partial charge in [0, 0.05) is 4.47 Å². The van der Waals surface area contributed by atoms with Gasteiger partial charge in [-0.1, -0.05) is 23.8 Å². The average molecular weight is 230 g/mol. The van der Waals surface area contributed by atoms with Gasteiger partial charge < -0.3 is 0 Å². The largest absolute Gasteiger partial charge is 0.0831 e. The molecular weight excluding hydrogens is 223 g/mol. The number of rotatable bonds is 0. The minimum atomic E-state index is 0.799. The van der Waals surface area contributed by atoms with E-state index in [1.165, 1.54) is 11.1 Å². The highest BCUT2D eigenvalue weighted by Gasteiger charge is 2.07. The molecule has 0 radical (unpaired) electrons. The van der Waals surface area contributed by atoms with E-state index in [0.29, 0.717) is 0 Å². The number of hydrogen-bond acceptors (Lipinski definition) is 0. The first-order chi connectivity index (χ1) is 5.27. The van der Waals surface area contributed by atoms with E-state index in [2.05, 4.69) is 34.1 Å². The Kier molecular flexibility index (Phi) is 1.78. The van der Waals surface area contributed by atoms with Crippen LogP contribution in [-0.2, 0) is 6.42 Å². The van der Waals surface area contributed by atoms with Gasteiger partial charge in [0.1, 0.15) is 0 Å². The summed E-state index contributed by atoms with van der Waals surface area (Å²) < 4.78 is 0.976. The van der Waals surface area contributed by atoms with Crippen LogP contribution in [0.2, 0.25) is 5.02 Å². The molecule has 0 fully saturated rings. The van der Waals surface area contributed by atoms with Crippen LogP contribution in [0.15, 0.2) is 22.7 Å². The maximum absolute atomic E-state index is 5.92. The van der Waals surface area contributed by atoms with Crippen molar-refractivity contribution in [3.8, 4) is 0 Å². The Balaban J connectivity index is 2.63. The number of fused-ring (bicyclic) bond motifs is 1. The van der Waals surface area contributed by atoms with Crippen molar-refractivity contribution in [3.63, 3.8) is 0 Å². The smallest absolute Gasteiger partial charge is 0.0551 e.